The lowest BCUT2D eigenvalue weighted by Gasteiger charge is -2.34. The van der Waals surface area contributed by atoms with Gasteiger partial charge in [-0.2, -0.15) is 0 Å². The normalized spacial score (nSPS) is 17.4. The van der Waals surface area contributed by atoms with Crippen LogP contribution in [0.2, 0.25) is 0 Å². The first-order valence-electron chi connectivity index (χ1n) is 9.33. The number of rotatable bonds is 3. The molecule has 1 aliphatic rings. The van der Waals surface area contributed by atoms with Gasteiger partial charge in [0.2, 0.25) is 0 Å². The highest BCUT2D eigenvalue weighted by Crippen LogP contribution is 2.36. The largest absolute Gasteiger partial charge is 0.444 e. The number of pyridine rings is 1. The summed E-state index contributed by atoms with van der Waals surface area (Å²) < 4.78 is 5.44. The summed E-state index contributed by atoms with van der Waals surface area (Å²) in [6.07, 6.45) is 2.94. The summed E-state index contributed by atoms with van der Waals surface area (Å²) in [6.45, 7) is 6.57. The number of nitrogens with zero attached hydrogens (tertiary/aromatic N) is 2. The first-order valence-corrected chi connectivity index (χ1v) is 10.1. The zero-order valence-corrected chi connectivity index (χ0v) is 17.5. The third kappa shape index (κ3) is 4.30. The van der Waals surface area contributed by atoms with Gasteiger partial charge >= 0.3 is 6.09 Å². The Morgan fingerprint density at radius 1 is 1.39 bits per heavy atom. The Morgan fingerprint density at radius 3 is 2.82 bits per heavy atom. The van der Waals surface area contributed by atoms with E-state index in [-0.39, 0.29) is 18.0 Å². The van der Waals surface area contributed by atoms with Crippen LogP contribution in [0.15, 0.2) is 12.3 Å². The van der Waals surface area contributed by atoms with Crippen molar-refractivity contribution in [3.8, 4) is 0 Å². The zero-order chi connectivity index (χ0) is 20.5. The lowest BCUT2D eigenvalue weighted by Crippen LogP contribution is -2.50. The Balaban J connectivity index is 1.72. The SMILES string of the molecule is CNc1ccnc2sc(C(=O)NC3CCCN(C(=O)OC(C)(C)C)C3)c(N)c12. The third-order valence-electron chi connectivity index (χ3n) is 4.51. The van der Waals surface area contributed by atoms with Gasteiger partial charge in [0, 0.05) is 38.1 Å². The molecule has 0 bridgehead atoms. The molecule has 1 fully saturated rings. The number of thiophene rings is 1. The molecule has 0 aliphatic carbocycles. The third-order valence-corrected chi connectivity index (χ3v) is 5.63. The molecule has 1 unspecified atom stereocenters. The van der Waals surface area contributed by atoms with E-state index in [1.807, 2.05) is 26.8 Å². The van der Waals surface area contributed by atoms with Crippen LogP contribution in [0, 0.1) is 0 Å². The molecule has 8 nitrogen and oxygen atoms in total. The number of carbonyl (C=O) groups is 2. The fraction of sp³-hybridized carbons (Fsp3) is 0.526. The van der Waals surface area contributed by atoms with Crippen molar-refractivity contribution in [2.24, 2.45) is 0 Å². The fourth-order valence-electron chi connectivity index (χ4n) is 3.26. The number of hydrogen-bond acceptors (Lipinski definition) is 7. The van der Waals surface area contributed by atoms with Crippen molar-refractivity contribution in [2.75, 3.05) is 31.2 Å². The molecule has 1 atom stereocenters. The molecule has 2 aromatic heterocycles. The van der Waals surface area contributed by atoms with Gasteiger partial charge in [-0.15, -0.1) is 11.3 Å². The number of piperidine rings is 1. The molecule has 3 heterocycles. The maximum atomic E-state index is 12.8. The highest BCUT2D eigenvalue weighted by atomic mass is 32.1. The number of anilines is 2. The summed E-state index contributed by atoms with van der Waals surface area (Å²) in [5.74, 6) is -0.237. The second-order valence-electron chi connectivity index (χ2n) is 7.87. The quantitative estimate of drug-likeness (QED) is 0.724. The predicted octanol–water partition coefficient (Wildman–Crippen LogP) is 3.05. The van der Waals surface area contributed by atoms with E-state index in [1.54, 1.807) is 18.1 Å². The molecule has 9 heteroatoms. The van der Waals surface area contributed by atoms with E-state index in [1.165, 1.54) is 11.3 Å². The minimum Gasteiger partial charge on any atom is -0.444 e. The molecule has 0 aromatic carbocycles. The minimum absolute atomic E-state index is 0.143. The van der Waals surface area contributed by atoms with Crippen LogP contribution >= 0.6 is 11.3 Å². The van der Waals surface area contributed by atoms with E-state index in [0.29, 0.717) is 28.5 Å². The predicted molar refractivity (Wildman–Crippen MR) is 112 cm³/mol. The van der Waals surface area contributed by atoms with Gasteiger partial charge in [0.1, 0.15) is 15.3 Å². The number of carbonyl (C=O) groups excluding carboxylic acids is 2. The van der Waals surface area contributed by atoms with Crippen LogP contribution in [0.3, 0.4) is 0 Å². The summed E-state index contributed by atoms with van der Waals surface area (Å²) in [5, 5.41) is 6.86. The van der Waals surface area contributed by atoms with E-state index < -0.39 is 5.60 Å². The Kier molecular flexibility index (Phi) is 5.64. The number of aromatic nitrogens is 1. The second kappa shape index (κ2) is 7.83. The molecule has 0 saturated carbocycles. The van der Waals surface area contributed by atoms with E-state index in [4.69, 9.17) is 10.5 Å². The van der Waals surface area contributed by atoms with Gasteiger partial charge in [0.25, 0.3) is 5.91 Å². The number of nitrogen functional groups attached to an aromatic ring is 1. The van der Waals surface area contributed by atoms with Crippen molar-refractivity contribution >= 4 is 44.9 Å². The Bertz CT molecular complexity index is 890. The van der Waals surface area contributed by atoms with Crippen LogP contribution in [0.25, 0.3) is 10.2 Å². The average molecular weight is 406 g/mol. The minimum atomic E-state index is -0.545. The summed E-state index contributed by atoms with van der Waals surface area (Å²) in [6, 6.07) is 1.68. The van der Waals surface area contributed by atoms with Crippen LogP contribution in [0.5, 0.6) is 0 Å². The summed E-state index contributed by atoms with van der Waals surface area (Å²) >= 11 is 1.27. The maximum absolute atomic E-state index is 12.8. The molecule has 4 N–H and O–H groups in total. The molecule has 0 spiro atoms. The summed E-state index contributed by atoms with van der Waals surface area (Å²) in [5.41, 5.74) is 6.97. The number of amides is 2. The molecule has 2 amide bonds. The summed E-state index contributed by atoms with van der Waals surface area (Å²) in [7, 11) is 1.80. The number of ether oxygens (including phenoxy) is 1. The number of nitrogens with two attached hydrogens (primary N) is 1. The van der Waals surface area contributed by atoms with Gasteiger partial charge in [0.05, 0.1) is 11.1 Å². The van der Waals surface area contributed by atoms with Crippen molar-refractivity contribution in [3.05, 3.63) is 17.1 Å². The van der Waals surface area contributed by atoms with Crippen molar-refractivity contribution < 1.29 is 14.3 Å². The van der Waals surface area contributed by atoms with Gasteiger partial charge in [-0.3, -0.25) is 4.79 Å². The van der Waals surface area contributed by atoms with Crippen LogP contribution in [-0.2, 0) is 4.74 Å². The Labute approximate surface area is 168 Å². The van der Waals surface area contributed by atoms with Crippen molar-refractivity contribution in [1.82, 2.24) is 15.2 Å². The van der Waals surface area contributed by atoms with Gasteiger partial charge in [-0.1, -0.05) is 0 Å². The van der Waals surface area contributed by atoms with Crippen LogP contribution in [-0.4, -0.2) is 53.7 Å². The Morgan fingerprint density at radius 2 is 2.14 bits per heavy atom. The number of likely N-dealkylation sites (tertiary alicyclic amines) is 1. The average Bonchev–Trinajstić information content (AvgIpc) is 2.97. The van der Waals surface area contributed by atoms with E-state index in [0.717, 1.165) is 23.9 Å². The lowest BCUT2D eigenvalue weighted by molar-refractivity contribution is 0.0186. The molecule has 3 rings (SSSR count). The monoisotopic (exact) mass is 405 g/mol. The molecule has 152 valence electrons. The van der Waals surface area contributed by atoms with Crippen molar-refractivity contribution in [1.29, 1.82) is 0 Å². The maximum Gasteiger partial charge on any atom is 0.410 e. The lowest BCUT2D eigenvalue weighted by atomic mass is 10.1. The van der Waals surface area contributed by atoms with E-state index >= 15 is 0 Å². The smallest absolute Gasteiger partial charge is 0.410 e. The van der Waals surface area contributed by atoms with Crippen LogP contribution < -0.4 is 16.4 Å². The Hall–Kier alpha value is -2.55. The molecule has 2 aromatic rings. The number of nitrogens with one attached hydrogen (secondary N) is 2. The van der Waals surface area contributed by atoms with Gasteiger partial charge in [0.15, 0.2) is 0 Å². The number of hydrogen-bond donors (Lipinski definition) is 3. The molecule has 28 heavy (non-hydrogen) atoms. The van der Waals surface area contributed by atoms with E-state index in [9.17, 15) is 9.59 Å². The van der Waals surface area contributed by atoms with Crippen LogP contribution in [0.4, 0.5) is 16.2 Å². The fourth-order valence-corrected chi connectivity index (χ4v) is 4.25. The molecule has 1 aliphatic heterocycles. The highest BCUT2D eigenvalue weighted by Gasteiger charge is 2.29. The molecular weight excluding hydrogens is 378 g/mol. The standard InChI is InChI=1S/C19H27N5O3S/c1-19(2,3)27-18(26)24-9-5-6-11(10-24)23-16(25)15-14(20)13-12(21-4)7-8-22-17(13)28-15/h7-8,11H,5-6,9-10,20H2,1-4H3,(H,21,22)(H,23,25). The zero-order valence-electron chi connectivity index (χ0n) is 16.7. The topological polar surface area (TPSA) is 110 Å². The number of fused-ring (bicyclic) bond motifs is 1. The summed E-state index contributed by atoms with van der Waals surface area (Å²) in [4.78, 5) is 32.3. The second-order valence-corrected chi connectivity index (χ2v) is 8.87. The van der Waals surface area contributed by atoms with Crippen molar-refractivity contribution in [2.45, 2.75) is 45.3 Å². The van der Waals surface area contributed by atoms with Crippen LogP contribution in [0.1, 0.15) is 43.3 Å². The molecule has 1 saturated heterocycles. The highest BCUT2D eigenvalue weighted by molar-refractivity contribution is 7.21. The van der Waals surface area contributed by atoms with Gasteiger partial charge in [-0.25, -0.2) is 9.78 Å². The van der Waals surface area contributed by atoms with Gasteiger partial charge < -0.3 is 26.0 Å². The first kappa shape index (κ1) is 20.2. The molecular formula is C19H27N5O3S. The molecule has 0 radical (unpaired) electrons. The first-order chi connectivity index (χ1) is 13.2. The van der Waals surface area contributed by atoms with Crippen molar-refractivity contribution in [3.63, 3.8) is 0 Å². The van der Waals surface area contributed by atoms with E-state index in [2.05, 4.69) is 15.6 Å². The van der Waals surface area contributed by atoms with Gasteiger partial charge in [-0.05, 0) is 39.7 Å².